The van der Waals surface area contributed by atoms with E-state index in [1.165, 1.54) is 0 Å². The van der Waals surface area contributed by atoms with Crippen LogP contribution < -0.4 is 5.73 Å². The zero-order chi connectivity index (χ0) is 11.6. The summed E-state index contributed by atoms with van der Waals surface area (Å²) in [6.07, 6.45) is 0. The Morgan fingerprint density at radius 1 is 1.14 bits per heavy atom. The molecule has 0 fully saturated rings. The Bertz CT molecular complexity index is 238. The summed E-state index contributed by atoms with van der Waals surface area (Å²) >= 11 is 0. The maximum atomic E-state index is 11.4. The van der Waals surface area contributed by atoms with Crippen LogP contribution in [0, 0.1) is 10.8 Å². The first-order valence-electron chi connectivity index (χ1n) is 4.54. The van der Waals surface area contributed by atoms with Crippen molar-refractivity contribution in [3.8, 4) is 0 Å². The lowest BCUT2D eigenvalue weighted by atomic mass is 9.93. The van der Waals surface area contributed by atoms with Gasteiger partial charge in [0.1, 0.15) is 6.61 Å². The third-order valence-electron chi connectivity index (χ3n) is 1.84. The molecule has 0 aromatic carbocycles. The molecule has 0 aromatic rings. The van der Waals surface area contributed by atoms with Gasteiger partial charge < -0.3 is 10.5 Å². The van der Waals surface area contributed by atoms with E-state index in [1.807, 2.05) is 0 Å². The van der Waals surface area contributed by atoms with Gasteiger partial charge in [0.15, 0.2) is 0 Å². The van der Waals surface area contributed by atoms with Crippen LogP contribution in [0.3, 0.4) is 0 Å². The van der Waals surface area contributed by atoms with Crippen LogP contribution in [0.15, 0.2) is 0 Å². The van der Waals surface area contributed by atoms with Gasteiger partial charge in [0.25, 0.3) is 0 Å². The van der Waals surface area contributed by atoms with E-state index < -0.39 is 16.7 Å². The number of carbonyl (C=O) groups excluding carboxylic acids is 2. The second kappa shape index (κ2) is 3.98. The summed E-state index contributed by atoms with van der Waals surface area (Å²) in [5, 5.41) is 0. The molecule has 0 aliphatic carbocycles. The number of hydrogen-bond acceptors (Lipinski definition) is 3. The van der Waals surface area contributed by atoms with Gasteiger partial charge in [0, 0.05) is 0 Å². The maximum absolute atomic E-state index is 11.4. The normalized spacial score (nSPS) is 12.4. The molecule has 0 unspecified atom stereocenters. The van der Waals surface area contributed by atoms with Crippen LogP contribution in [0.25, 0.3) is 0 Å². The largest absolute Gasteiger partial charge is 0.464 e. The van der Waals surface area contributed by atoms with E-state index in [0.717, 1.165) is 0 Å². The predicted octanol–water partition coefficient (Wildman–Crippen LogP) is 1.09. The SMILES string of the molecule is CC(C)(C)C(=O)OCC(C)(C)C(N)=O. The van der Waals surface area contributed by atoms with Crippen molar-refractivity contribution < 1.29 is 14.3 Å². The van der Waals surface area contributed by atoms with E-state index in [9.17, 15) is 9.59 Å². The Labute approximate surface area is 84.8 Å². The molecule has 1 amide bonds. The van der Waals surface area contributed by atoms with Gasteiger partial charge in [-0.3, -0.25) is 9.59 Å². The minimum atomic E-state index is -0.805. The molecule has 0 saturated carbocycles. The molecule has 4 nitrogen and oxygen atoms in total. The molecule has 2 N–H and O–H groups in total. The van der Waals surface area contributed by atoms with Crippen molar-refractivity contribution in [3.63, 3.8) is 0 Å². The number of carbonyl (C=O) groups is 2. The van der Waals surface area contributed by atoms with Gasteiger partial charge in [-0.2, -0.15) is 0 Å². The quantitative estimate of drug-likeness (QED) is 0.695. The fourth-order valence-corrected chi connectivity index (χ4v) is 0.534. The summed E-state index contributed by atoms with van der Waals surface area (Å²) in [5.74, 6) is -0.800. The average Bonchev–Trinajstić information content (AvgIpc) is 1.98. The number of amides is 1. The second-order valence-corrected chi connectivity index (χ2v) is 5.07. The van der Waals surface area contributed by atoms with Crippen molar-refractivity contribution in [2.24, 2.45) is 16.6 Å². The minimum absolute atomic E-state index is 0.0262. The van der Waals surface area contributed by atoms with Crippen molar-refractivity contribution in [2.45, 2.75) is 34.6 Å². The van der Waals surface area contributed by atoms with Crippen LogP contribution in [0.1, 0.15) is 34.6 Å². The van der Waals surface area contributed by atoms with Crippen LogP contribution in [0.4, 0.5) is 0 Å². The molecule has 14 heavy (non-hydrogen) atoms. The van der Waals surface area contributed by atoms with Crippen molar-refractivity contribution in [2.75, 3.05) is 6.61 Å². The topological polar surface area (TPSA) is 69.4 Å². The molecule has 82 valence electrons. The summed E-state index contributed by atoms with van der Waals surface area (Å²) in [5.41, 5.74) is 3.78. The van der Waals surface area contributed by atoms with E-state index in [1.54, 1.807) is 34.6 Å². The molecule has 0 atom stereocenters. The zero-order valence-corrected chi connectivity index (χ0v) is 9.51. The van der Waals surface area contributed by atoms with Gasteiger partial charge in [0.2, 0.25) is 5.91 Å². The Morgan fingerprint density at radius 2 is 1.57 bits per heavy atom. The highest BCUT2D eigenvalue weighted by molar-refractivity contribution is 5.81. The number of nitrogens with two attached hydrogens (primary N) is 1. The summed E-state index contributed by atoms with van der Waals surface area (Å²) in [4.78, 5) is 22.3. The average molecular weight is 201 g/mol. The van der Waals surface area contributed by atoms with Crippen LogP contribution in [-0.2, 0) is 14.3 Å². The molecule has 0 aliphatic heterocycles. The Hall–Kier alpha value is -1.06. The van der Waals surface area contributed by atoms with Crippen molar-refractivity contribution in [1.29, 1.82) is 0 Å². The summed E-state index contributed by atoms with van der Waals surface area (Å²) in [7, 11) is 0. The van der Waals surface area contributed by atoms with E-state index in [0.29, 0.717) is 0 Å². The van der Waals surface area contributed by atoms with Crippen LogP contribution >= 0.6 is 0 Å². The predicted molar refractivity (Wildman–Crippen MR) is 53.4 cm³/mol. The lowest BCUT2D eigenvalue weighted by Crippen LogP contribution is -2.37. The fourth-order valence-electron chi connectivity index (χ4n) is 0.534. The number of rotatable bonds is 3. The Morgan fingerprint density at radius 3 is 1.86 bits per heavy atom. The monoisotopic (exact) mass is 201 g/mol. The van der Waals surface area contributed by atoms with Crippen LogP contribution in [0.5, 0.6) is 0 Å². The number of esters is 1. The molecule has 0 aliphatic rings. The summed E-state index contributed by atoms with van der Waals surface area (Å²) in [6.45, 7) is 8.58. The van der Waals surface area contributed by atoms with Crippen LogP contribution in [-0.4, -0.2) is 18.5 Å². The zero-order valence-electron chi connectivity index (χ0n) is 9.51. The van der Waals surface area contributed by atoms with Gasteiger partial charge in [0.05, 0.1) is 10.8 Å². The molecule has 0 spiro atoms. The smallest absolute Gasteiger partial charge is 0.311 e. The second-order valence-electron chi connectivity index (χ2n) is 5.07. The first-order chi connectivity index (χ1) is 6.07. The van der Waals surface area contributed by atoms with Gasteiger partial charge in [-0.15, -0.1) is 0 Å². The van der Waals surface area contributed by atoms with Gasteiger partial charge in [-0.1, -0.05) is 0 Å². The molecular weight excluding hydrogens is 182 g/mol. The summed E-state index contributed by atoms with van der Waals surface area (Å²) < 4.78 is 4.99. The standard InChI is InChI=1S/C10H19NO3/c1-9(2,3)8(13)14-6-10(4,5)7(11)12/h6H2,1-5H3,(H2,11,12). The van der Waals surface area contributed by atoms with Gasteiger partial charge >= 0.3 is 5.97 Å². The fraction of sp³-hybridized carbons (Fsp3) is 0.800. The first kappa shape index (κ1) is 12.9. The molecule has 0 radical (unpaired) electrons. The third kappa shape index (κ3) is 3.77. The highest BCUT2D eigenvalue weighted by Gasteiger charge is 2.30. The molecule has 0 bridgehead atoms. The molecule has 4 heteroatoms. The maximum Gasteiger partial charge on any atom is 0.311 e. The number of ether oxygens (including phenoxy) is 1. The lowest BCUT2D eigenvalue weighted by molar-refractivity contribution is -0.157. The lowest BCUT2D eigenvalue weighted by Gasteiger charge is -2.23. The summed E-state index contributed by atoms with van der Waals surface area (Å²) in [6, 6.07) is 0. The van der Waals surface area contributed by atoms with Crippen molar-refractivity contribution in [3.05, 3.63) is 0 Å². The van der Waals surface area contributed by atoms with E-state index in [-0.39, 0.29) is 12.6 Å². The first-order valence-corrected chi connectivity index (χ1v) is 4.54. The number of hydrogen-bond donors (Lipinski definition) is 1. The highest BCUT2D eigenvalue weighted by Crippen LogP contribution is 2.19. The molecule has 0 heterocycles. The molecule has 0 rings (SSSR count). The van der Waals surface area contributed by atoms with Gasteiger partial charge in [-0.25, -0.2) is 0 Å². The van der Waals surface area contributed by atoms with E-state index in [2.05, 4.69) is 0 Å². The van der Waals surface area contributed by atoms with Crippen LogP contribution in [0.2, 0.25) is 0 Å². The van der Waals surface area contributed by atoms with Gasteiger partial charge in [-0.05, 0) is 34.6 Å². The van der Waals surface area contributed by atoms with E-state index in [4.69, 9.17) is 10.5 Å². The Balaban J connectivity index is 4.21. The van der Waals surface area contributed by atoms with E-state index >= 15 is 0 Å². The third-order valence-corrected chi connectivity index (χ3v) is 1.84. The minimum Gasteiger partial charge on any atom is -0.464 e. The molecule has 0 aromatic heterocycles. The number of primary amides is 1. The highest BCUT2D eigenvalue weighted by atomic mass is 16.5. The Kier molecular flexibility index (Phi) is 3.68. The van der Waals surface area contributed by atoms with Crippen molar-refractivity contribution >= 4 is 11.9 Å². The van der Waals surface area contributed by atoms with Crippen molar-refractivity contribution in [1.82, 2.24) is 0 Å². The molecular formula is C10H19NO3. The molecule has 0 saturated heterocycles.